The zero-order valence-corrected chi connectivity index (χ0v) is 14.6. The van der Waals surface area contributed by atoms with Crippen molar-refractivity contribution < 1.29 is 9.53 Å². The van der Waals surface area contributed by atoms with E-state index in [9.17, 15) is 4.79 Å². The van der Waals surface area contributed by atoms with E-state index in [4.69, 9.17) is 4.74 Å². The van der Waals surface area contributed by atoms with Crippen LogP contribution >= 0.6 is 15.9 Å². The molecule has 0 spiro atoms. The van der Waals surface area contributed by atoms with Crippen molar-refractivity contribution >= 4 is 27.7 Å². The molecule has 1 aromatic carbocycles. The van der Waals surface area contributed by atoms with Crippen molar-refractivity contribution in [3.8, 4) is 0 Å². The minimum atomic E-state index is -0.466. The van der Waals surface area contributed by atoms with Gasteiger partial charge in [-0.25, -0.2) is 4.79 Å². The van der Waals surface area contributed by atoms with Crippen LogP contribution in [0.1, 0.15) is 38.8 Å². The van der Waals surface area contributed by atoms with Crippen molar-refractivity contribution in [3.63, 3.8) is 0 Å². The molecule has 0 aromatic heterocycles. The summed E-state index contributed by atoms with van der Waals surface area (Å²) in [6, 6.07) is 4.36. The number of carbonyl (C=O) groups excluding carboxylic acids is 1. The van der Waals surface area contributed by atoms with Gasteiger partial charge in [0.05, 0.1) is 5.69 Å². The van der Waals surface area contributed by atoms with Gasteiger partial charge in [-0.3, -0.25) is 0 Å². The van der Waals surface area contributed by atoms with E-state index in [2.05, 4.69) is 38.7 Å². The molecule has 1 aliphatic rings. The molecule has 0 saturated heterocycles. The van der Waals surface area contributed by atoms with E-state index >= 15 is 0 Å². The average Bonchev–Trinajstić information content (AvgIpc) is 2.73. The maximum absolute atomic E-state index is 11.8. The van der Waals surface area contributed by atoms with Crippen LogP contribution in [0.3, 0.4) is 0 Å². The summed E-state index contributed by atoms with van der Waals surface area (Å²) in [6.45, 7) is 8.57. The molecule has 116 valence electrons. The number of nitrogens with one attached hydrogen (secondary N) is 2. The van der Waals surface area contributed by atoms with Gasteiger partial charge in [0.15, 0.2) is 0 Å². The Kier molecular flexibility index (Phi) is 4.81. The Balaban J connectivity index is 1.96. The lowest BCUT2D eigenvalue weighted by Crippen LogP contribution is -2.38. The number of rotatable bonds is 3. The van der Waals surface area contributed by atoms with Gasteiger partial charge in [0.2, 0.25) is 0 Å². The molecule has 0 saturated carbocycles. The number of amides is 1. The highest BCUT2D eigenvalue weighted by Gasteiger charge is 2.19. The number of alkyl carbamates (subject to hydrolysis) is 1. The fraction of sp³-hybridized carbons (Fsp3) is 0.562. The van der Waals surface area contributed by atoms with E-state index < -0.39 is 5.60 Å². The zero-order chi connectivity index (χ0) is 15.6. The maximum Gasteiger partial charge on any atom is 0.407 e. The number of hydrogen-bond donors (Lipinski definition) is 2. The molecule has 5 heteroatoms. The molecular formula is C16H23BrN2O2. The van der Waals surface area contributed by atoms with Crippen molar-refractivity contribution in [2.45, 2.75) is 52.2 Å². The summed E-state index contributed by atoms with van der Waals surface area (Å²) in [5.41, 5.74) is 3.29. The van der Waals surface area contributed by atoms with E-state index in [0.717, 1.165) is 23.9 Å². The molecule has 4 nitrogen and oxygen atoms in total. The molecule has 1 aliphatic heterocycles. The maximum atomic E-state index is 11.8. The van der Waals surface area contributed by atoms with Crippen molar-refractivity contribution in [3.05, 3.63) is 27.7 Å². The van der Waals surface area contributed by atoms with Gasteiger partial charge >= 0.3 is 6.09 Å². The van der Waals surface area contributed by atoms with Crippen LogP contribution in [0.5, 0.6) is 0 Å². The second-order valence-corrected chi connectivity index (χ2v) is 7.39. The fourth-order valence-electron chi connectivity index (χ4n) is 2.47. The summed E-state index contributed by atoms with van der Waals surface area (Å²) in [5.74, 6) is 0. The zero-order valence-electron chi connectivity index (χ0n) is 13.0. The fourth-order valence-corrected chi connectivity index (χ4v) is 3.16. The first-order valence-corrected chi connectivity index (χ1v) is 8.08. The Bertz CT molecular complexity index is 538. The second-order valence-electron chi connectivity index (χ2n) is 6.54. The smallest absolute Gasteiger partial charge is 0.407 e. The lowest BCUT2D eigenvalue weighted by molar-refractivity contribution is 0.0508. The molecule has 1 atom stereocenters. The molecule has 1 aromatic rings. The van der Waals surface area contributed by atoms with Crippen molar-refractivity contribution in [2.24, 2.45) is 0 Å². The van der Waals surface area contributed by atoms with E-state index in [1.165, 1.54) is 16.8 Å². The van der Waals surface area contributed by atoms with Gasteiger partial charge in [-0.05, 0) is 73.7 Å². The van der Waals surface area contributed by atoms with E-state index in [1.807, 2.05) is 27.7 Å². The van der Waals surface area contributed by atoms with Crippen molar-refractivity contribution in [1.29, 1.82) is 0 Å². The Morgan fingerprint density at radius 1 is 1.48 bits per heavy atom. The van der Waals surface area contributed by atoms with Crippen LogP contribution in [0.4, 0.5) is 10.5 Å². The first kappa shape index (κ1) is 16.1. The predicted molar refractivity (Wildman–Crippen MR) is 88.9 cm³/mol. The molecule has 0 radical (unpaired) electrons. The average molecular weight is 355 g/mol. The Morgan fingerprint density at radius 2 is 2.19 bits per heavy atom. The van der Waals surface area contributed by atoms with Crippen LogP contribution in [0.15, 0.2) is 16.6 Å². The van der Waals surface area contributed by atoms with Gasteiger partial charge in [-0.15, -0.1) is 0 Å². The second kappa shape index (κ2) is 6.26. The third-order valence-corrected chi connectivity index (χ3v) is 3.86. The highest BCUT2D eigenvalue weighted by molar-refractivity contribution is 9.10. The molecule has 2 rings (SSSR count). The van der Waals surface area contributed by atoms with Crippen LogP contribution in [-0.4, -0.2) is 24.3 Å². The van der Waals surface area contributed by atoms with Crippen molar-refractivity contribution in [2.75, 3.05) is 11.9 Å². The lowest BCUT2D eigenvalue weighted by atomic mass is 10.0. The molecule has 0 fully saturated rings. The van der Waals surface area contributed by atoms with Gasteiger partial charge in [0.1, 0.15) is 5.60 Å². The van der Waals surface area contributed by atoms with Crippen LogP contribution in [0, 0.1) is 0 Å². The Morgan fingerprint density at radius 3 is 2.86 bits per heavy atom. The molecule has 1 amide bonds. The van der Waals surface area contributed by atoms with Crippen LogP contribution in [0.2, 0.25) is 0 Å². The number of fused-ring (bicyclic) bond motifs is 1. The third kappa shape index (κ3) is 4.63. The quantitative estimate of drug-likeness (QED) is 0.865. The van der Waals surface area contributed by atoms with Gasteiger partial charge in [-0.2, -0.15) is 0 Å². The standard InChI is InChI=1S/C16H23BrN2O2/c1-10(19-15(20)21-16(2,3)4)7-11-8-12-5-6-18-14(12)13(17)9-11/h8-10,18H,5-7H2,1-4H3,(H,19,20). The number of carbonyl (C=O) groups is 1. The molecular weight excluding hydrogens is 332 g/mol. The highest BCUT2D eigenvalue weighted by atomic mass is 79.9. The van der Waals surface area contributed by atoms with Crippen LogP contribution in [-0.2, 0) is 17.6 Å². The van der Waals surface area contributed by atoms with E-state index in [-0.39, 0.29) is 12.1 Å². The Hall–Kier alpha value is -1.23. The van der Waals surface area contributed by atoms with Gasteiger partial charge in [-0.1, -0.05) is 6.07 Å². The summed E-state index contributed by atoms with van der Waals surface area (Å²) in [6.07, 6.45) is 1.47. The van der Waals surface area contributed by atoms with Gasteiger partial charge < -0.3 is 15.4 Å². The number of halogens is 1. The molecule has 0 bridgehead atoms. The largest absolute Gasteiger partial charge is 0.444 e. The predicted octanol–water partition coefficient (Wildman–Crippen LogP) is 3.87. The summed E-state index contributed by atoms with van der Waals surface area (Å²) in [7, 11) is 0. The molecule has 21 heavy (non-hydrogen) atoms. The molecule has 2 N–H and O–H groups in total. The monoisotopic (exact) mass is 354 g/mol. The van der Waals surface area contributed by atoms with Crippen LogP contribution < -0.4 is 10.6 Å². The van der Waals surface area contributed by atoms with E-state index in [1.54, 1.807) is 0 Å². The number of ether oxygens (including phenoxy) is 1. The lowest BCUT2D eigenvalue weighted by Gasteiger charge is -2.22. The molecule has 0 aliphatic carbocycles. The molecule has 1 heterocycles. The molecule has 1 unspecified atom stereocenters. The Labute approximate surface area is 134 Å². The van der Waals surface area contributed by atoms with E-state index in [0.29, 0.717) is 0 Å². The van der Waals surface area contributed by atoms with Gasteiger partial charge in [0, 0.05) is 17.1 Å². The van der Waals surface area contributed by atoms with Crippen molar-refractivity contribution in [1.82, 2.24) is 5.32 Å². The summed E-state index contributed by atoms with van der Waals surface area (Å²) in [5, 5.41) is 6.25. The number of hydrogen-bond acceptors (Lipinski definition) is 3. The summed E-state index contributed by atoms with van der Waals surface area (Å²) >= 11 is 3.60. The minimum Gasteiger partial charge on any atom is -0.444 e. The number of anilines is 1. The minimum absolute atomic E-state index is 0.0270. The summed E-state index contributed by atoms with van der Waals surface area (Å²) < 4.78 is 6.37. The van der Waals surface area contributed by atoms with Gasteiger partial charge in [0.25, 0.3) is 0 Å². The summed E-state index contributed by atoms with van der Waals surface area (Å²) in [4.78, 5) is 11.8. The topological polar surface area (TPSA) is 50.4 Å². The first-order chi connectivity index (χ1) is 9.74. The third-order valence-electron chi connectivity index (χ3n) is 3.23. The van der Waals surface area contributed by atoms with Crippen LogP contribution in [0.25, 0.3) is 0 Å². The number of benzene rings is 1. The highest BCUT2D eigenvalue weighted by Crippen LogP contribution is 2.32. The SMILES string of the molecule is CC(Cc1cc(Br)c2c(c1)CCN2)NC(=O)OC(C)(C)C. The normalized spacial score (nSPS) is 15.1. The first-order valence-electron chi connectivity index (χ1n) is 7.29.